The number of carbonyl (C=O) groups is 1. The molecule has 0 aliphatic rings. The van der Waals surface area contributed by atoms with Crippen LogP contribution in [0.25, 0.3) is 0 Å². The zero-order valence-electron chi connectivity index (χ0n) is 12.1. The molecule has 0 spiro atoms. The number of isocyanates is 1. The van der Waals surface area contributed by atoms with E-state index in [0.29, 0.717) is 19.6 Å². The highest BCUT2D eigenvalue weighted by Crippen LogP contribution is 1.98. The number of nitrogens with zero attached hydrogens (tertiary/aromatic N) is 2. The molecule has 0 fully saturated rings. The molecule has 2 N–H and O–H groups in total. The first-order valence-corrected chi connectivity index (χ1v) is 6.87. The van der Waals surface area contributed by atoms with Gasteiger partial charge in [0.05, 0.1) is 6.54 Å². The number of rotatable bonds is 11. The molecule has 0 aromatic heterocycles. The molecular formula is C13H26N4O2. The van der Waals surface area contributed by atoms with Crippen molar-refractivity contribution in [3.8, 4) is 0 Å². The van der Waals surface area contributed by atoms with Gasteiger partial charge >= 0.3 is 6.03 Å². The number of nitrogens with one attached hydrogen (secondary N) is 2. The minimum atomic E-state index is -0.0932. The molecule has 0 saturated heterocycles. The molecule has 0 atom stereocenters. The standard InChI is InChI=1S/C13H26N4O2/c1-17(2)11-7-10-16-13(19)15-9-6-4-3-5-8-14-12-18/h3-11H2,1-2H3,(H2,15,16,19). The molecule has 2 amide bonds. The molecule has 0 radical (unpaired) electrons. The van der Waals surface area contributed by atoms with Gasteiger partial charge in [0.25, 0.3) is 0 Å². The molecule has 0 bridgehead atoms. The van der Waals surface area contributed by atoms with Gasteiger partial charge in [0.2, 0.25) is 6.08 Å². The number of aliphatic imine (C=N–C) groups is 1. The topological polar surface area (TPSA) is 73.8 Å². The Kier molecular flexibility index (Phi) is 12.1. The average Bonchev–Trinajstić information content (AvgIpc) is 2.37. The molecular weight excluding hydrogens is 244 g/mol. The summed E-state index contributed by atoms with van der Waals surface area (Å²) < 4.78 is 0. The Morgan fingerprint density at radius 1 is 1.05 bits per heavy atom. The second-order valence-electron chi connectivity index (χ2n) is 4.73. The minimum absolute atomic E-state index is 0.0932. The average molecular weight is 270 g/mol. The van der Waals surface area contributed by atoms with Crippen molar-refractivity contribution < 1.29 is 9.59 Å². The van der Waals surface area contributed by atoms with Crippen LogP contribution in [0.4, 0.5) is 4.79 Å². The lowest BCUT2D eigenvalue weighted by Crippen LogP contribution is -2.37. The first-order chi connectivity index (χ1) is 9.16. The van der Waals surface area contributed by atoms with Crippen LogP contribution in [0.15, 0.2) is 4.99 Å². The summed E-state index contributed by atoms with van der Waals surface area (Å²) in [5.41, 5.74) is 0. The number of urea groups is 1. The largest absolute Gasteiger partial charge is 0.338 e. The predicted octanol–water partition coefficient (Wildman–Crippen LogP) is 1.13. The Morgan fingerprint density at radius 3 is 2.32 bits per heavy atom. The quantitative estimate of drug-likeness (QED) is 0.336. The third-order valence-corrected chi connectivity index (χ3v) is 2.61. The Morgan fingerprint density at radius 2 is 1.68 bits per heavy atom. The summed E-state index contributed by atoms with van der Waals surface area (Å²) in [6.07, 6.45) is 6.40. The van der Waals surface area contributed by atoms with E-state index in [4.69, 9.17) is 0 Å². The first kappa shape index (κ1) is 17.6. The minimum Gasteiger partial charge on any atom is -0.338 e. The first-order valence-electron chi connectivity index (χ1n) is 6.87. The smallest absolute Gasteiger partial charge is 0.314 e. The number of hydrogen-bond acceptors (Lipinski definition) is 4. The fraction of sp³-hybridized carbons (Fsp3) is 0.846. The summed E-state index contributed by atoms with van der Waals surface area (Å²) in [5.74, 6) is 0. The van der Waals surface area contributed by atoms with E-state index in [9.17, 15) is 9.59 Å². The lowest BCUT2D eigenvalue weighted by Gasteiger charge is -2.10. The fourth-order valence-electron chi connectivity index (χ4n) is 1.58. The van der Waals surface area contributed by atoms with Crippen LogP contribution in [-0.4, -0.2) is 57.3 Å². The molecule has 0 aliphatic carbocycles. The summed E-state index contributed by atoms with van der Waals surface area (Å²) in [4.78, 5) is 26.8. The van der Waals surface area contributed by atoms with Gasteiger partial charge in [-0.15, -0.1) is 0 Å². The molecule has 0 saturated carbocycles. The fourth-order valence-corrected chi connectivity index (χ4v) is 1.58. The van der Waals surface area contributed by atoms with Crippen molar-refractivity contribution in [3.63, 3.8) is 0 Å². The second kappa shape index (κ2) is 13.1. The summed E-state index contributed by atoms with van der Waals surface area (Å²) >= 11 is 0. The predicted molar refractivity (Wildman–Crippen MR) is 76.0 cm³/mol. The van der Waals surface area contributed by atoms with Crippen molar-refractivity contribution in [1.29, 1.82) is 0 Å². The highest BCUT2D eigenvalue weighted by molar-refractivity contribution is 5.73. The second-order valence-corrected chi connectivity index (χ2v) is 4.73. The van der Waals surface area contributed by atoms with Crippen molar-refractivity contribution in [3.05, 3.63) is 0 Å². The summed E-state index contributed by atoms with van der Waals surface area (Å²) in [6.45, 7) is 2.93. The van der Waals surface area contributed by atoms with Crippen LogP contribution in [0.3, 0.4) is 0 Å². The molecule has 19 heavy (non-hydrogen) atoms. The van der Waals surface area contributed by atoms with E-state index in [0.717, 1.165) is 38.6 Å². The Hall–Kier alpha value is -1.39. The van der Waals surface area contributed by atoms with E-state index >= 15 is 0 Å². The zero-order valence-corrected chi connectivity index (χ0v) is 12.1. The Balaban J connectivity index is 3.22. The van der Waals surface area contributed by atoms with Crippen LogP contribution < -0.4 is 10.6 Å². The van der Waals surface area contributed by atoms with Crippen molar-refractivity contribution in [2.45, 2.75) is 32.1 Å². The molecule has 6 heteroatoms. The van der Waals surface area contributed by atoms with E-state index in [-0.39, 0.29) is 6.03 Å². The molecule has 0 rings (SSSR count). The van der Waals surface area contributed by atoms with E-state index in [1.54, 1.807) is 0 Å². The van der Waals surface area contributed by atoms with Crippen LogP contribution in [-0.2, 0) is 4.79 Å². The molecule has 0 aromatic rings. The lowest BCUT2D eigenvalue weighted by atomic mass is 10.2. The van der Waals surface area contributed by atoms with Crippen LogP contribution >= 0.6 is 0 Å². The van der Waals surface area contributed by atoms with Gasteiger partial charge in [0, 0.05) is 13.1 Å². The zero-order chi connectivity index (χ0) is 14.3. The van der Waals surface area contributed by atoms with Crippen molar-refractivity contribution in [2.24, 2.45) is 4.99 Å². The van der Waals surface area contributed by atoms with Gasteiger partial charge in [0.1, 0.15) is 0 Å². The molecule has 0 heterocycles. The number of amides is 2. The van der Waals surface area contributed by atoms with Gasteiger partial charge in [0.15, 0.2) is 0 Å². The van der Waals surface area contributed by atoms with E-state index < -0.39 is 0 Å². The van der Waals surface area contributed by atoms with E-state index in [1.165, 1.54) is 6.08 Å². The maximum absolute atomic E-state index is 11.4. The van der Waals surface area contributed by atoms with Crippen molar-refractivity contribution in [2.75, 3.05) is 40.3 Å². The highest BCUT2D eigenvalue weighted by Gasteiger charge is 1.98. The number of hydrogen-bond donors (Lipinski definition) is 2. The molecule has 110 valence electrons. The van der Waals surface area contributed by atoms with Gasteiger partial charge in [-0.3, -0.25) is 0 Å². The van der Waals surface area contributed by atoms with Gasteiger partial charge in [-0.05, 0) is 39.9 Å². The third-order valence-electron chi connectivity index (χ3n) is 2.61. The van der Waals surface area contributed by atoms with Gasteiger partial charge in [-0.2, -0.15) is 0 Å². The Labute approximate surface area is 115 Å². The lowest BCUT2D eigenvalue weighted by molar-refractivity contribution is 0.240. The molecule has 6 nitrogen and oxygen atoms in total. The summed E-state index contributed by atoms with van der Waals surface area (Å²) in [7, 11) is 4.03. The van der Waals surface area contributed by atoms with E-state index in [2.05, 4.69) is 20.5 Å². The van der Waals surface area contributed by atoms with Gasteiger partial charge in [-0.1, -0.05) is 12.8 Å². The monoisotopic (exact) mass is 270 g/mol. The molecule has 0 unspecified atom stereocenters. The molecule has 0 aliphatic heterocycles. The Bertz CT molecular complexity index is 276. The summed E-state index contributed by atoms with van der Waals surface area (Å²) in [5, 5.41) is 5.65. The maximum Gasteiger partial charge on any atom is 0.314 e. The third kappa shape index (κ3) is 14.6. The number of carbonyl (C=O) groups excluding carboxylic acids is 2. The van der Waals surface area contributed by atoms with E-state index in [1.807, 2.05) is 14.1 Å². The van der Waals surface area contributed by atoms with Crippen molar-refractivity contribution >= 4 is 12.1 Å². The number of unbranched alkanes of at least 4 members (excludes halogenated alkanes) is 3. The normalized spacial score (nSPS) is 10.1. The summed E-state index contributed by atoms with van der Waals surface area (Å²) in [6, 6.07) is -0.0932. The maximum atomic E-state index is 11.4. The van der Waals surface area contributed by atoms with Gasteiger partial charge < -0.3 is 15.5 Å². The van der Waals surface area contributed by atoms with Crippen LogP contribution in [0.2, 0.25) is 0 Å². The SMILES string of the molecule is CN(C)CCCNC(=O)NCCCCCCN=C=O. The van der Waals surface area contributed by atoms with Crippen LogP contribution in [0.5, 0.6) is 0 Å². The van der Waals surface area contributed by atoms with Gasteiger partial charge in [-0.25, -0.2) is 14.6 Å². The van der Waals surface area contributed by atoms with Crippen molar-refractivity contribution in [1.82, 2.24) is 15.5 Å². The van der Waals surface area contributed by atoms with Crippen LogP contribution in [0.1, 0.15) is 32.1 Å². The molecule has 0 aromatic carbocycles. The highest BCUT2D eigenvalue weighted by atomic mass is 16.2. The van der Waals surface area contributed by atoms with Crippen LogP contribution in [0, 0.1) is 0 Å².